The van der Waals surface area contributed by atoms with Gasteiger partial charge in [-0.15, -0.1) is 0 Å². The average Bonchev–Trinajstić information content (AvgIpc) is 2.40. The number of hydrogen-bond donors (Lipinski definition) is 1. The molecule has 0 bridgehead atoms. The highest BCUT2D eigenvalue weighted by atomic mass is 16.5. The van der Waals surface area contributed by atoms with Crippen molar-refractivity contribution in [2.45, 2.75) is 6.54 Å². The summed E-state index contributed by atoms with van der Waals surface area (Å²) < 4.78 is 8.01. The van der Waals surface area contributed by atoms with Crippen LogP contribution in [0, 0.1) is 0 Å². The molecule has 0 saturated heterocycles. The lowest BCUT2D eigenvalue weighted by Crippen LogP contribution is -2.39. The molecule has 0 aliphatic carbocycles. The van der Waals surface area contributed by atoms with Crippen LogP contribution in [-0.4, -0.2) is 54.4 Å². The van der Waals surface area contributed by atoms with Gasteiger partial charge < -0.3 is 15.0 Å². The summed E-state index contributed by atoms with van der Waals surface area (Å²) in [5, 5.41) is 3.16. The third-order valence-electron chi connectivity index (χ3n) is 3.04. The van der Waals surface area contributed by atoms with Crippen LogP contribution in [0.5, 0.6) is 0 Å². The summed E-state index contributed by atoms with van der Waals surface area (Å²) in [6.45, 7) is 3.34. The second-order valence-corrected chi connectivity index (χ2v) is 4.97. The Hall–Kier alpha value is -1.44. The molecule has 1 aromatic heterocycles. The first-order valence-corrected chi connectivity index (χ1v) is 6.62. The molecule has 0 unspecified atom stereocenters. The molecule has 0 saturated carbocycles. The van der Waals surface area contributed by atoms with E-state index in [1.54, 1.807) is 7.05 Å². The second-order valence-electron chi connectivity index (χ2n) is 4.97. The Morgan fingerprint density at radius 2 is 1.90 bits per heavy atom. The van der Waals surface area contributed by atoms with Crippen molar-refractivity contribution in [3.63, 3.8) is 0 Å². The maximum absolute atomic E-state index is 11.7. The summed E-state index contributed by atoms with van der Waals surface area (Å²) in [5.41, 5.74) is 0.0788. The molecule has 0 amide bonds. The smallest absolute Gasteiger partial charge is 0.330 e. The molecule has 1 N–H and O–H groups in total. The van der Waals surface area contributed by atoms with E-state index in [9.17, 15) is 9.59 Å². The van der Waals surface area contributed by atoms with Gasteiger partial charge in [-0.25, -0.2) is 4.79 Å². The van der Waals surface area contributed by atoms with Crippen LogP contribution >= 0.6 is 0 Å². The summed E-state index contributed by atoms with van der Waals surface area (Å²) in [5.74, 6) is 0. The van der Waals surface area contributed by atoms with Crippen molar-refractivity contribution in [3.8, 4) is 0 Å². The van der Waals surface area contributed by atoms with Gasteiger partial charge in [0.25, 0.3) is 5.56 Å². The van der Waals surface area contributed by atoms with Gasteiger partial charge in [0.1, 0.15) is 0 Å². The van der Waals surface area contributed by atoms with Crippen LogP contribution in [0.4, 0.5) is 0 Å². The highest BCUT2D eigenvalue weighted by Crippen LogP contribution is 1.89. The van der Waals surface area contributed by atoms with Gasteiger partial charge in [-0.1, -0.05) is 0 Å². The monoisotopic (exact) mass is 284 g/mol. The third kappa shape index (κ3) is 4.92. The summed E-state index contributed by atoms with van der Waals surface area (Å²) >= 11 is 0. The van der Waals surface area contributed by atoms with Crippen molar-refractivity contribution in [1.29, 1.82) is 0 Å². The normalized spacial score (nSPS) is 11.2. The number of likely N-dealkylation sites (N-methyl/N-ethyl adjacent to an activating group) is 1. The summed E-state index contributed by atoms with van der Waals surface area (Å²) in [7, 11) is 7.13. The summed E-state index contributed by atoms with van der Waals surface area (Å²) in [6.07, 6.45) is 0. The lowest BCUT2D eigenvalue weighted by atomic mass is 10.4. The number of aromatic nitrogens is 2. The van der Waals surface area contributed by atoms with Crippen LogP contribution in [0.2, 0.25) is 0 Å². The van der Waals surface area contributed by atoms with Crippen LogP contribution in [0.15, 0.2) is 15.7 Å². The zero-order chi connectivity index (χ0) is 15.1. The third-order valence-corrected chi connectivity index (χ3v) is 3.04. The van der Waals surface area contributed by atoms with Gasteiger partial charge in [0.2, 0.25) is 0 Å². The first-order valence-electron chi connectivity index (χ1n) is 6.62. The minimum Gasteiger partial charge on any atom is -0.379 e. The van der Waals surface area contributed by atoms with E-state index in [0.29, 0.717) is 32.0 Å². The Kier molecular flexibility index (Phi) is 6.63. The first kappa shape index (κ1) is 16.6. The van der Waals surface area contributed by atoms with Crippen molar-refractivity contribution in [3.05, 3.63) is 32.6 Å². The van der Waals surface area contributed by atoms with Crippen molar-refractivity contribution in [1.82, 2.24) is 19.4 Å². The quantitative estimate of drug-likeness (QED) is 0.604. The van der Waals surface area contributed by atoms with Crippen molar-refractivity contribution >= 4 is 0 Å². The number of hydrogen-bond acceptors (Lipinski definition) is 5. The SMILES string of the molecule is CN(C)CCOCCNCc1cc(=O)n(C)c(=O)n1C. The Morgan fingerprint density at radius 1 is 1.20 bits per heavy atom. The molecule has 0 aliphatic rings. The van der Waals surface area contributed by atoms with Crippen LogP contribution in [0.25, 0.3) is 0 Å². The molecule has 114 valence electrons. The molecule has 0 fully saturated rings. The summed E-state index contributed by atoms with van der Waals surface area (Å²) in [6, 6.07) is 1.47. The minimum absolute atomic E-state index is 0.285. The van der Waals surface area contributed by atoms with Gasteiger partial charge in [0.15, 0.2) is 0 Å². The molecule has 1 rings (SSSR count). The number of ether oxygens (including phenoxy) is 1. The van der Waals surface area contributed by atoms with Gasteiger partial charge in [0.05, 0.1) is 13.2 Å². The number of rotatable bonds is 8. The molecule has 1 aromatic rings. The van der Waals surface area contributed by atoms with E-state index in [2.05, 4.69) is 10.2 Å². The Bertz CT molecular complexity index is 533. The lowest BCUT2D eigenvalue weighted by molar-refractivity contribution is 0.119. The van der Waals surface area contributed by atoms with E-state index in [4.69, 9.17) is 4.74 Å². The molecule has 0 spiro atoms. The highest BCUT2D eigenvalue weighted by Gasteiger charge is 2.04. The van der Waals surface area contributed by atoms with Gasteiger partial charge in [0, 0.05) is 45.5 Å². The minimum atomic E-state index is -0.309. The van der Waals surface area contributed by atoms with Crippen molar-refractivity contribution in [2.24, 2.45) is 14.1 Å². The van der Waals surface area contributed by atoms with E-state index in [1.165, 1.54) is 17.7 Å². The first-order chi connectivity index (χ1) is 9.43. The lowest BCUT2D eigenvalue weighted by Gasteiger charge is -2.12. The van der Waals surface area contributed by atoms with Crippen molar-refractivity contribution < 1.29 is 4.74 Å². The molecular weight excluding hydrogens is 260 g/mol. The van der Waals surface area contributed by atoms with E-state index < -0.39 is 0 Å². The fourth-order valence-corrected chi connectivity index (χ4v) is 1.66. The van der Waals surface area contributed by atoms with E-state index in [0.717, 1.165) is 11.1 Å². The standard InChI is InChI=1S/C13H24N4O3/c1-15(2)6-8-20-7-5-14-10-11-9-12(18)17(4)13(19)16(11)3/h9,14H,5-8,10H2,1-4H3. The molecule has 0 radical (unpaired) electrons. The average molecular weight is 284 g/mol. The molecule has 7 heteroatoms. The number of nitrogens with one attached hydrogen (secondary N) is 1. The Balaban J connectivity index is 2.36. The van der Waals surface area contributed by atoms with E-state index in [1.807, 2.05) is 14.1 Å². The largest absolute Gasteiger partial charge is 0.379 e. The predicted octanol–water partition coefficient (Wildman–Crippen LogP) is -1.25. The molecule has 0 aromatic carbocycles. The fraction of sp³-hybridized carbons (Fsp3) is 0.692. The highest BCUT2D eigenvalue weighted by molar-refractivity contribution is 5.01. The maximum Gasteiger partial charge on any atom is 0.330 e. The van der Waals surface area contributed by atoms with Crippen LogP contribution in [0.1, 0.15) is 5.69 Å². The van der Waals surface area contributed by atoms with Gasteiger partial charge >= 0.3 is 5.69 Å². The Morgan fingerprint density at radius 3 is 2.55 bits per heavy atom. The topological polar surface area (TPSA) is 68.5 Å². The Labute approximate surface area is 118 Å². The molecule has 7 nitrogen and oxygen atoms in total. The fourth-order valence-electron chi connectivity index (χ4n) is 1.66. The second kappa shape index (κ2) is 7.98. The van der Waals surface area contributed by atoms with Crippen LogP contribution < -0.4 is 16.6 Å². The van der Waals surface area contributed by atoms with E-state index >= 15 is 0 Å². The predicted molar refractivity (Wildman–Crippen MR) is 78.0 cm³/mol. The van der Waals surface area contributed by atoms with E-state index in [-0.39, 0.29) is 11.2 Å². The maximum atomic E-state index is 11.7. The summed E-state index contributed by atoms with van der Waals surface area (Å²) in [4.78, 5) is 25.3. The van der Waals surface area contributed by atoms with Crippen LogP contribution in [-0.2, 0) is 25.4 Å². The molecule has 20 heavy (non-hydrogen) atoms. The van der Waals surface area contributed by atoms with Crippen LogP contribution in [0.3, 0.4) is 0 Å². The van der Waals surface area contributed by atoms with Gasteiger partial charge in [-0.05, 0) is 14.1 Å². The number of nitrogens with zero attached hydrogens (tertiary/aromatic N) is 3. The molecule has 0 aliphatic heterocycles. The van der Waals surface area contributed by atoms with Gasteiger partial charge in [-0.2, -0.15) is 0 Å². The van der Waals surface area contributed by atoms with Crippen molar-refractivity contribution in [2.75, 3.05) is 40.4 Å². The van der Waals surface area contributed by atoms with Gasteiger partial charge in [-0.3, -0.25) is 13.9 Å². The molecule has 0 atom stereocenters. The molecular formula is C13H24N4O3. The zero-order valence-electron chi connectivity index (χ0n) is 12.7. The molecule has 1 heterocycles. The zero-order valence-corrected chi connectivity index (χ0v) is 12.7.